The summed E-state index contributed by atoms with van der Waals surface area (Å²) < 4.78 is 0. The van der Waals surface area contributed by atoms with Crippen molar-refractivity contribution in [2.24, 2.45) is 0 Å². The van der Waals surface area contributed by atoms with Crippen molar-refractivity contribution in [3.63, 3.8) is 0 Å². The van der Waals surface area contributed by atoms with Gasteiger partial charge in [-0.3, -0.25) is 4.79 Å². The molecule has 0 aromatic heterocycles. The first-order chi connectivity index (χ1) is 9.60. The van der Waals surface area contributed by atoms with Crippen molar-refractivity contribution in [1.82, 2.24) is 0 Å². The van der Waals surface area contributed by atoms with Crippen LogP contribution in [0.25, 0.3) is 0 Å². The van der Waals surface area contributed by atoms with Crippen molar-refractivity contribution < 1.29 is 4.79 Å². The van der Waals surface area contributed by atoms with E-state index < -0.39 is 0 Å². The summed E-state index contributed by atoms with van der Waals surface area (Å²) in [6.45, 7) is 2.13. The molecular formula is C17H16Cl2O. The lowest BCUT2D eigenvalue weighted by Gasteiger charge is -2.05. The molecule has 0 amide bonds. The van der Waals surface area contributed by atoms with Crippen molar-refractivity contribution in [1.29, 1.82) is 0 Å². The van der Waals surface area contributed by atoms with Gasteiger partial charge in [0.15, 0.2) is 5.78 Å². The maximum Gasteiger partial charge on any atom is 0.167 e. The Morgan fingerprint density at radius 1 is 1.00 bits per heavy atom. The third-order valence-electron chi connectivity index (χ3n) is 3.14. The van der Waals surface area contributed by atoms with Gasteiger partial charge in [0, 0.05) is 12.0 Å². The molecule has 0 fully saturated rings. The van der Waals surface area contributed by atoms with Gasteiger partial charge in [-0.25, -0.2) is 0 Å². The molecule has 2 aromatic rings. The average Bonchev–Trinajstić information content (AvgIpc) is 2.43. The number of carbonyl (C=O) groups excluding carboxylic acids is 1. The highest BCUT2D eigenvalue weighted by Crippen LogP contribution is 2.23. The molecule has 0 unspecified atom stereocenters. The molecule has 0 radical (unpaired) electrons. The number of hydrogen-bond acceptors (Lipinski definition) is 1. The third-order valence-corrected chi connectivity index (χ3v) is 3.88. The minimum atomic E-state index is 0.0985. The van der Waals surface area contributed by atoms with Crippen LogP contribution in [0.3, 0.4) is 0 Å². The summed E-state index contributed by atoms with van der Waals surface area (Å²) in [4.78, 5) is 12.3. The van der Waals surface area contributed by atoms with Gasteiger partial charge in [0.05, 0.1) is 10.0 Å². The number of Topliss-reactive ketones (excluding diaryl/α,β-unsaturated/α-hetero) is 1. The highest BCUT2D eigenvalue weighted by molar-refractivity contribution is 6.42. The Morgan fingerprint density at radius 3 is 2.50 bits per heavy atom. The molecule has 0 saturated heterocycles. The Morgan fingerprint density at radius 2 is 1.80 bits per heavy atom. The van der Waals surface area contributed by atoms with Gasteiger partial charge >= 0.3 is 0 Å². The van der Waals surface area contributed by atoms with Crippen LogP contribution in [0.4, 0.5) is 0 Å². The number of halogens is 2. The number of hydrogen-bond donors (Lipinski definition) is 0. The first kappa shape index (κ1) is 15.1. The van der Waals surface area contributed by atoms with E-state index in [0.29, 0.717) is 16.5 Å². The molecule has 0 aliphatic carbocycles. The predicted octanol–water partition coefficient (Wildman–Crippen LogP) is 5.37. The van der Waals surface area contributed by atoms with Crippen LogP contribution in [0.5, 0.6) is 0 Å². The number of benzene rings is 2. The van der Waals surface area contributed by atoms with E-state index in [9.17, 15) is 4.79 Å². The van der Waals surface area contributed by atoms with Gasteiger partial charge in [-0.1, -0.05) is 60.8 Å². The molecule has 0 spiro atoms. The minimum absolute atomic E-state index is 0.0985. The van der Waals surface area contributed by atoms with E-state index in [1.165, 1.54) is 5.56 Å². The van der Waals surface area contributed by atoms with E-state index in [2.05, 4.69) is 13.0 Å². The molecule has 0 heterocycles. The van der Waals surface area contributed by atoms with Gasteiger partial charge in [0.25, 0.3) is 0 Å². The lowest BCUT2D eigenvalue weighted by atomic mass is 10.00. The smallest absolute Gasteiger partial charge is 0.167 e. The van der Waals surface area contributed by atoms with E-state index in [1.807, 2.05) is 24.3 Å². The van der Waals surface area contributed by atoms with Crippen LogP contribution in [0, 0.1) is 0 Å². The summed E-state index contributed by atoms with van der Waals surface area (Å²) in [5.41, 5.74) is 2.83. The molecule has 0 bridgehead atoms. The molecule has 2 aromatic carbocycles. The molecule has 0 atom stereocenters. The van der Waals surface area contributed by atoms with Crippen LogP contribution in [-0.4, -0.2) is 5.78 Å². The van der Waals surface area contributed by atoms with Gasteiger partial charge < -0.3 is 0 Å². The Hall–Kier alpha value is -1.31. The summed E-state index contributed by atoms with van der Waals surface area (Å²) in [5, 5.41) is 0.990. The zero-order valence-electron chi connectivity index (χ0n) is 11.3. The highest BCUT2D eigenvalue weighted by Gasteiger charge is 2.09. The Labute approximate surface area is 129 Å². The van der Waals surface area contributed by atoms with Crippen molar-refractivity contribution in [2.45, 2.75) is 26.2 Å². The van der Waals surface area contributed by atoms with Gasteiger partial charge in [-0.05, 0) is 35.7 Å². The molecule has 1 nitrogen and oxygen atoms in total. The Bertz CT molecular complexity index is 620. The highest BCUT2D eigenvalue weighted by atomic mass is 35.5. The third kappa shape index (κ3) is 3.84. The average molecular weight is 307 g/mol. The molecule has 104 valence electrons. The zero-order chi connectivity index (χ0) is 14.5. The Kier molecular flexibility index (Phi) is 5.22. The first-order valence-corrected chi connectivity index (χ1v) is 7.42. The molecule has 20 heavy (non-hydrogen) atoms. The SMILES string of the molecule is CCCc1cccc(C(=O)Cc2ccc(Cl)c(Cl)c2)c1. The molecule has 2 rings (SSSR count). The van der Waals surface area contributed by atoms with Crippen LogP contribution in [0.1, 0.15) is 34.8 Å². The monoisotopic (exact) mass is 306 g/mol. The van der Waals surface area contributed by atoms with E-state index in [-0.39, 0.29) is 5.78 Å². The van der Waals surface area contributed by atoms with E-state index in [0.717, 1.165) is 24.0 Å². The number of rotatable bonds is 5. The van der Waals surface area contributed by atoms with E-state index >= 15 is 0 Å². The fraction of sp³-hybridized carbons (Fsp3) is 0.235. The molecule has 0 saturated carbocycles. The Balaban J connectivity index is 2.15. The van der Waals surface area contributed by atoms with Gasteiger partial charge in [0.2, 0.25) is 0 Å². The summed E-state index contributed by atoms with van der Waals surface area (Å²) in [6, 6.07) is 13.1. The maximum atomic E-state index is 12.3. The normalized spacial score (nSPS) is 10.6. The molecule has 0 N–H and O–H groups in total. The maximum absolute atomic E-state index is 12.3. The fourth-order valence-corrected chi connectivity index (χ4v) is 2.45. The predicted molar refractivity (Wildman–Crippen MR) is 84.9 cm³/mol. The van der Waals surface area contributed by atoms with Crippen LogP contribution in [0.15, 0.2) is 42.5 Å². The largest absolute Gasteiger partial charge is 0.294 e. The van der Waals surface area contributed by atoms with Gasteiger partial charge in [-0.2, -0.15) is 0 Å². The van der Waals surface area contributed by atoms with Crippen molar-refractivity contribution >= 4 is 29.0 Å². The van der Waals surface area contributed by atoms with Crippen LogP contribution in [0.2, 0.25) is 10.0 Å². The van der Waals surface area contributed by atoms with Crippen molar-refractivity contribution in [3.05, 3.63) is 69.2 Å². The summed E-state index contributed by atoms with van der Waals surface area (Å²) in [5.74, 6) is 0.0985. The van der Waals surface area contributed by atoms with Gasteiger partial charge in [-0.15, -0.1) is 0 Å². The molecular weight excluding hydrogens is 291 g/mol. The topological polar surface area (TPSA) is 17.1 Å². The molecule has 0 aliphatic heterocycles. The van der Waals surface area contributed by atoms with Crippen LogP contribution < -0.4 is 0 Å². The second-order valence-electron chi connectivity index (χ2n) is 4.80. The second kappa shape index (κ2) is 6.92. The summed E-state index contributed by atoms with van der Waals surface area (Å²) in [7, 11) is 0. The number of aryl methyl sites for hydroxylation is 1. The summed E-state index contributed by atoms with van der Waals surface area (Å²) >= 11 is 11.8. The number of ketones is 1. The molecule has 3 heteroatoms. The quantitative estimate of drug-likeness (QED) is 0.679. The lowest BCUT2D eigenvalue weighted by Crippen LogP contribution is -2.04. The van der Waals surface area contributed by atoms with E-state index in [4.69, 9.17) is 23.2 Å². The zero-order valence-corrected chi connectivity index (χ0v) is 12.8. The first-order valence-electron chi connectivity index (χ1n) is 6.66. The fourth-order valence-electron chi connectivity index (χ4n) is 2.13. The lowest BCUT2D eigenvalue weighted by molar-refractivity contribution is 0.0993. The number of carbonyl (C=O) groups is 1. The molecule has 0 aliphatic rings. The van der Waals surface area contributed by atoms with E-state index in [1.54, 1.807) is 12.1 Å². The van der Waals surface area contributed by atoms with Crippen molar-refractivity contribution in [2.75, 3.05) is 0 Å². The van der Waals surface area contributed by atoms with Crippen molar-refractivity contribution in [3.8, 4) is 0 Å². The van der Waals surface area contributed by atoms with Gasteiger partial charge in [0.1, 0.15) is 0 Å². The minimum Gasteiger partial charge on any atom is -0.294 e. The van der Waals surface area contributed by atoms with Crippen LogP contribution in [-0.2, 0) is 12.8 Å². The standard InChI is InChI=1S/C17H16Cl2O/c1-2-4-12-5-3-6-14(9-12)17(20)11-13-7-8-15(18)16(19)10-13/h3,5-10H,2,4,11H2,1H3. The van der Waals surface area contributed by atoms with Crippen LogP contribution >= 0.6 is 23.2 Å². The summed E-state index contributed by atoms with van der Waals surface area (Å²) in [6.07, 6.45) is 2.41. The second-order valence-corrected chi connectivity index (χ2v) is 5.61.